The number of rotatable bonds is 8. The first-order valence-corrected chi connectivity index (χ1v) is 12.8. The van der Waals surface area contributed by atoms with Crippen LogP contribution in [0, 0.1) is 0 Å². The van der Waals surface area contributed by atoms with Crippen LogP contribution in [-0.4, -0.2) is 13.8 Å². The van der Waals surface area contributed by atoms with Crippen LogP contribution in [0.3, 0.4) is 0 Å². The van der Waals surface area contributed by atoms with Gasteiger partial charge in [-0.05, 0) is 50.4 Å². The van der Waals surface area contributed by atoms with E-state index in [9.17, 15) is 0 Å². The average Bonchev–Trinajstić information content (AvgIpc) is 3.16. The van der Waals surface area contributed by atoms with Crippen LogP contribution in [-0.2, 0) is 0 Å². The number of unbranched alkanes of at least 4 members (excludes halogenated alkanes) is 2. The summed E-state index contributed by atoms with van der Waals surface area (Å²) in [5.74, 6) is 0. The van der Waals surface area contributed by atoms with Crippen molar-refractivity contribution in [2.75, 3.05) is 0 Å². The van der Waals surface area contributed by atoms with Crippen LogP contribution in [0.1, 0.15) is 59.8 Å². The van der Waals surface area contributed by atoms with Gasteiger partial charge in [-0.1, -0.05) is 103 Å². The van der Waals surface area contributed by atoms with E-state index >= 15 is 0 Å². The van der Waals surface area contributed by atoms with E-state index in [1.807, 2.05) is 0 Å². The first-order valence-electron chi connectivity index (χ1n) is 10.8. The molecule has 0 saturated carbocycles. The Morgan fingerprint density at radius 1 is 0.857 bits per heavy atom. The Morgan fingerprint density at radius 2 is 1.43 bits per heavy atom. The van der Waals surface area contributed by atoms with Crippen LogP contribution >= 0.6 is 0 Å². The minimum Gasteiger partial charge on any atom is -0.322 e. The normalized spacial score (nSPS) is 14.7. The smallest absolute Gasteiger partial charge is 0.219 e. The summed E-state index contributed by atoms with van der Waals surface area (Å²) >= 11 is 0. The maximum atomic E-state index is 4.21. The zero-order chi connectivity index (χ0) is 20.0. The second kappa shape index (κ2) is 9.06. The summed E-state index contributed by atoms with van der Waals surface area (Å²) in [6.45, 7) is 9.20. The van der Waals surface area contributed by atoms with Gasteiger partial charge >= 0.3 is 0 Å². The van der Waals surface area contributed by atoms with E-state index in [4.69, 9.17) is 0 Å². The largest absolute Gasteiger partial charge is 0.322 e. The van der Waals surface area contributed by atoms with Crippen molar-refractivity contribution in [3.8, 4) is 0 Å². The maximum Gasteiger partial charge on any atom is 0.219 e. The summed E-state index contributed by atoms with van der Waals surface area (Å²) < 4.78 is 0. The predicted molar refractivity (Wildman–Crippen MR) is 126 cm³/mol. The molecular weight excluding hydrogens is 354 g/mol. The summed E-state index contributed by atoms with van der Waals surface area (Å²) in [6, 6.07) is 22.4. The van der Waals surface area contributed by atoms with Crippen LogP contribution in [0.4, 0.5) is 0 Å². The highest BCUT2D eigenvalue weighted by molar-refractivity contribution is 7.05. The number of allylic oxidation sites excluding steroid dienone is 4. The van der Waals surface area contributed by atoms with Crippen LogP contribution in [0.25, 0.3) is 0 Å². The first-order chi connectivity index (χ1) is 13.5. The fraction of sp³-hybridized carbons (Fsp3) is 0.385. The Kier molecular flexibility index (Phi) is 6.74. The van der Waals surface area contributed by atoms with Crippen LogP contribution in [0.15, 0.2) is 83.6 Å². The van der Waals surface area contributed by atoms with Crippen molar-refractivity contribution in [3.63, 3.8) is 0 Å². The molecule has 0 aromatic heterocycles. The number of hydrogen-bond acceptors (Lipinski definition) is 1. The summed E-state index contributed by atoms with van der Waals surface area (Å²) in [5.41, 5.74) is 1.60. The lowest BCUT2D eigenvalue weighted by atomic mass is 10.1. The van der Waals surface area contributed by atoms with E-state index in [0.29, 0.717) is 0 Å². The molecule has 0 unspecified atom stereocenters. The number of benzene rings is 2. The van der Waals surface area contributed by atoms with Gasteiger partial charge in [-0.2, -0.15) is 0 Å². The van der Waals surface area contributed by atoms with Crippen molar-refractivity contribution in [3.05, 3.63) is 83.6 Å². The zero-order valence-corrected chi connectivity index (χ0v) is 19.0. The quantitative estimate of drug-likeness (QED) is 0.464. The fourth-order valence-corrected chi connectivity index (χ4v) is 9.51. The molecule has 2 aromatic rings. The lowest BCUT2D eigenvalue weighted by Gasteiger charge is -2.41. The molecule has 1 N–H and O–H groups in total. The molecule has 2 heteroatoms. The average molecular weight is 390 g/mol. The summed E-state index contributed by atoms with van der Waals surface area (Å²) in [4.78, 5) is 4.21. The fourth-order valence-electron chi connectivity index (χ4n) is 4.42. The minimum absolute atomic E-state index is 0.0298. The monoisotopic (exact) mass is 389 g/mol. The van der Waals surface area contributed by atoms with Gasteiger partial charge in [-0.15, -0.1) is 0 Å². The first kappa shape index (κ1) is 20.8. The topological polar surface area (TPSA) is 12.0 Å². The predicted octanol–water partition coefficient (Wildman–Crippen LogP) is 5.51. The van der Waals surface area contributed by atoms with Crippen molar-refractivity contribution in [2.24, 2.45) is 0 Å². The van der Waals surface area contributed by atoms with Gasteiger partial charge in [0.05, 0.1) is 0 Å². The van der Waals surface area contributed by atoms with E-state index in [-0.39, 0.29) is 5.54 Å². The molecule has 0 saturated heterocycles. The highest BCUT2D eigenvalue weighted by atomic mass is 28.3. The van der Waals surface area contributed by atoms with E-state index in [1.54, 1.807) is 10.8 Å². The lowest BCUT2D eigenvalue weighted by Crippen LogP contribution is -2.74. The van der Waals surface area contributed by atoms with E-state index in [1.165, 1.54) is 36.1 Å². The molecule has 28 heavy (non-hydrogen) atoms. The number of hydrogen-bond donors (Lipinski definition) is 1. The molecule has 0 aliphatic heterocycles. The second-order valence-corrected chi connectivity index (χ2v) is 12.4. The molecular formula is C26H35NSi. The van der Waals surface area contributed by atoms with Gasteiger partial charge in [-0.3, -0.25) is 0 Å². The summed E-state index contributed by atoms with van der Waals surface area (Å²) in [7, 11) is -2.31. The Labute approximate surface area is 172 Å². The number of nitrogens with one attached hydrogen (secondary N) is 1. The molecule has 2 aromatic carbocycles. The van der Waals surface area contributed by atoms with Crippen LogP contribution < -0.4 is 15.4 Å². The van der Waals surface area contributed by atoms with Crippen molar-refractivity contribution < 1.29 is 0 Å². The molecule has 0 spiro atoms. The van der Waals surface area contributed by atoms with Crippen LogP contribution in [0.5, 0.6) is 0 Å². The van der Waals surface area contributed by atoms with Crippen molar-refractivity contribution in [1.29, 1.82) is 0 Å². The second-order valence-electron chi connectivity index (χ2n) is 8.92. The van der Waals surface area contributed by atoms with E-state index in [0.717, 1.165) is 6.42 Å². The highest BCUT2D eigenvalue weighted by Gasteiger charge is 2.45. The molecule has 1 aliphatic rings. The Morgan fingerprint density at radius 3 is 1.93 bits per heavy atom. The molecule has 0 heterocycles. The molecule has 1 nitrogen and oxygen atoms in total. The van der Waals surface area contributed by atoms with Gasteiger partial charge in [0.2, 0.25) is 8.24 Å². The van der Waals surface area contributed by atoms with Crippen LogP contribution in [0.2, 0.25) is 0 Å². The van der Waals surface area contributed by atoms with Crippen molar-refractivity contribution in [1.82, 2.24) is 4.98 Å². The Bertz CT molecular complexity index is 773. The molecule has 0 bridgehead atoms. The molecule has 3 rings (SSSR count). The zero-order valence-electron chi connectivity index (χ0n) is 18.0. The maximum absolute atomic E-state index is 4.21. The third kappa shape index (κ3) is 4.56. The molecule has 1 aliphatic carbocycles. The Hall–Kier alpha value is -1.90. The van der Waals surface area contributed by atoms with E-state index in [2.05, 4.69) is 105 Å². The van der Waals surface area contributed by atoms with Gasteiger partial charge < -0.3 is 4.98 Å². The third-order valence-corrected chi connectivity index (χ3v) is 10.5. The molecule has 0 amide bonds. The molecule has 0 atom stereocenters. The summed E-state index contributed by atoms with van der Waals surface area (Å²) in [6.07, 6.45) is 10.9. The van der Waals surface area contributed by atoms with Gasteiger partial charge in [-0.25, -0.2) is 0 Å². The third-order valence-electron chi connectivity index (χ3n) is 5.51. The van der Waals surface area contributed by atoms with Crippen molar-refractivity contribution in [2.45, 2.75) is 65.3 Å². The Balaban J connectivity index is 2.22. The summed E-state index contributed by atoms with van der Waals surface area (Å²) in [5, 5.41) is 4.57. The molecule has 0 fully saturated rings. The highest BCUT2D eigenvalue weighted by Crippen LogP contribution is 2.31. The van der Waals surface area contributed by atoms with Gasteiger partial charge in [0.25, 0.3) is 0 Å². The SMILES string of the molecule is CCCCCC1=C([Si](NC(C)(C)C)(c2ccccc2)c2ccccc2)CC=C1. The molecule has 148 valence electrons. The minimum atomic E-state index is -2.31. The van der Waals surface area contributed by atoms with Crippen molar-refractivity contribution >= 4 is 18.6 Å². The van der Waals surface area contributed by atoms with Gasteiger partial charge in [0.15, 0.2) is 0 Å². The van der Waals surface area contributed by atoms with Gasteiger partial charge in [0, 0.05) is 5.54 Å². The van der Waals surface area contributed by atoms with Gasteiger partial charge in [0.1, 0.15) is 0 Å². The molecule has 0 radical (unpaired) electrons. The lowest BCUT2D eigenvalue weighted by molar-refractivity contribution is 0.517. The van der Waals surface area contributed by atoms with E-state index < -0.39 is 8.24 Å². The standard InChI is InChI=1S/C26H35NSi/c1-5-6-9-15-22-16-14-21-25(22)28(27-26(2,3)4,23-17-10-7-11-18-23)24-19-12-8-13-20-24/h7-8,10-14,16-20,27H,5-6,9,15,21H2,1-4H3.